The maximum absolute atomic E-state index is 14.9. The molecule has 13 heteroatoms. The van der Waals surface area contributed by atoms with Crippen LogP contribution in [0.25, 0.3) is 0 Å². The van der Waals surface area contributed by atoms with E-state index in [2.05, 4.69) is 10.6 Å². The van der Waals surface area contributed by atoms with Crippen LogP contribution >= 0.6 is 0 Å². The highest BCUT2D eigenvalue weighted by Crippen LogP contribution is 2.31. The molecule has 0 aromatic heterocycles. The Kier molecular flexibility index (Phi) is 10.4. The van der Waals surface area contributed by atoms with E-state index in [0.29, 0.717) is 11.1 Å². The van der Waals surface area contributed by atoms with Gasteiger partial charge in [-0.3, -0.25) is 14.5 Å². The van der Waals surface area contributed by atoms with Crippen molar-refractivity contribution in [1.82, 2.24) is 20.4 Å². The molecule has 1 aromatic rings. The number of ether oxygens (including phenoxy) is 2. The van der Waals surface area contributed by atoms with Crippen molar-refractivity contribution in [2.45, 2.75) is 116 Å². The Bertz CT molecular complexity index is 1320. The molecule has 1 aromatic carbocycles. The van der Waals surface area contributed by atoms with Gasteiger partial charge < -0.3 is 25.0 Å². The molecule has 2 N–H and O–H groups in total. The summed E-state index contributed by atoms with van der Waals surface area (Å²) in [6, 6.07) is 1.67. The molecule has 0 spiro atoms. The normalized spacial score (nSPS) is 28.2. The molecule has 248 valence electrons. The fraction of sp³-hybridized carbons (Fsp3) is 0.625. The average molecular weight is 637 g/mol. The Morgan fingerprint density at radius 2 is 1.84 bits per heavy atom. The molecule has 0 bridgehead atoms. The number of carbonyl (C=O) groups is 4. The zero-order valence-electron chi connectivity index (χ0n) is 26.4. The van der Waals surface area contributed by atoms with Crippen LogP contribution < -0.4 is 10.6 Å². The molecular formula is C32H43F3N4O6. The van der Waals surface area contributed by atoms with Crippen LogP contribution in [0.5, 0.6) is 0 Å². The number of allylic oxidation sites excluding steroid dienone is 1. The van der Waals surface area contributed by atoms with Crippen LogP contribution in [0.15, 0.2) is 30.4 Å². The minimum Gasteiger partial charge on any atom is -0.444 e. The molecule has 4 amide bonds. The lowest BCUT2D eigenvalue weighted by Gasteiger charge is -2.30. The van der Waals surface area contributed by atoms with Crippen LogP contribution in [-0.4, -0.2) is 76.1 Å². The van der Waals surface area contributed by atoms with Gasteiger partial charge in [0.05, 0.1) is 13.1 Å². The minimum atomic E-state index is -3.11. The molecule has 0 aliphatic carbocycles. The second kappa shape index (κ2) is 13.7. The van der Waals surface area contributed by atoms with Gasteiger partial charge in [0, 0.05) is 37.4 Å². The van der Waals surface area contributed by atoms with Crippen molar-refractivity contribution in [3.8, 4) is 0 Å². The van der Waals surface area contributed by atoms with Gasteiger partial charge in [-0.1, -0.05) is 31.2 Å². The summed E-state index contributed by atoms with van der Waals surface area (Å²) in [5.41, 5.74) is 0.141. The number of alkyl halides is 2. The molecule has 4 rings (SSSR count). The Morgan fingerprint density at radius 1 is 1.11 bits per heavy atom. The number of hydrogen-bond acceptors (Lipinski definition) is 6. The Balaban J connectivity index is 1.57. The molecule has 1 saturated heterocycles. The Labute approximate surface area is 261 Å². The van der Waals surface area contributed by atoms with Crippen LogP contribution in [0.1, 0.15) is 77.8 Å². The van der Waals surface area contributed by atoms with Gasteiger partial charge in [-0.25, -0.2) is 22.8 Å². The number of alkyl carbamates (subject to hydrolysis) is 1. The highest BCUT2D eigenvalue weighted by atomic mass is 19.3. The van der Waals surface area contributed by atoms with Crippen LogP contribution in [-0.2, 0) is 32.2 Å². The van der Waals surface area contributed by atoms with Gasteiger partial charge in [0.15, 0.2) is 0 Å². The highest BCUT2D eigenvalue weighted by molar-refractivity contribution is 5.92. The Morgan fingerprint density at radius 3 is 2.53 bits per heavy atom. The predicted octanol–water partition coefficient (Wildman–Crippen LogP) is 5.05. The minimum absolute atomic E-state index is 0.0130. The fourth-order valence-corrected chi connectivity index (χ4v) is 5.71. The highest BCUT2D eigenvalue weighted by Gasteiger charge is 2.45. The number of hydrogen-bond donors (Lipinski definition) is 2. The van der Waals surface area contributed by atoms with Crippen molar-refractivity contribution in [3.63, 3.8) is 0 Å². The first-order valence-electron chi connectivity index (χ1n) is 15.4. The summed E-state index contributed by atoms with van der Waals surface area (Å²) in [4.78, 5) is 55.9. The zero-order valence-corrected chi connectivity index (χ0v) is 26.4. The number of fused-ring (bicyclic) bond motifs is 2. The third-order valence-electron chi connectivity index (χ3n) is 8.36. The van der Waals surface area contributed by atoms with Gasteiger partial charge >= 0.3 is 12.2 Å². The molecule has 3 aliphatic rings. The number of nitrogens with one attached hydrogen (secondary N) is 2. The first kappa shape index (κ1) is 34.1. The van der Waals surface area contributed by atoms with E-state index in [4.69, 9.17) is 9.47 Å². The van der Waals surface area contributed by atoms with Crippen LogP contribution in [0, 0.1) is 11.7 Å². The monoisotopic (exact) mass is 636 g/mol. The van der Waals surface area contributed by atoms with Gasteiger partial charge in [-0.2, -0.15) is 0 Å². The van der Waals surface area contributed by atoms with E-state index in [-0.39, 0.29) is 38.4 Å². The van der Waals surface area contributed by atoms with Crippen LogP contribution in [0.3, 0.4) is 0 Å². The van der Waals surface area contributed by atoms with E-state index in [9.17, 15) is 32.3 Å². The summed E-state index contributed by atoms with van der Waals surface area (Å²) in [7, 11) is 0. The van der Waals surface area contributed by atoms with E-state index < -0.39 is 84.8 Å². The quantitative estimate of drug-likeness (QED) is 0.439. The summed E-state index contributed by atoms with van der Waals surface area (Å²) in [5, 5.41) is 5.34. The van der Waals surface area contributed by atoms with E-state index >= 15 is 0 Å². The first-order valence-corrected chi connectivity index (χ1v) is 15.4. The maximum Gasteiger partial charge on any atom is 0.410 e. The molecule has 3 heterocycles. The topological polar surface area (TPSA) is 117 Å². The zero-order chi connectivity index (χ0) is 33.1. The average Bonchev–Trinajstić information content (AvgIpc) is 3.57. The lowest BCUT2D eigenvalue weighted by molar-refractivity contribution is -0.141. The number of halogens is 3. The third kappa shape index (κ3) is 8.91. The van der Waals surface area contributed by atoms with Crippen molar-refractivity contribution in [2.24, 2.45) is 5.92 Å². The van der Waals surface area contributed by atoms with E-state index in [0.717, 1.165) is 0 Å². The molecule has 0 radical (unpaired) electrons. The van der Waals surface area contributed by atoms with Crippen LogP contribution in [0.2, 0.25) is 0 Å². The number of carbonyl (C=O) groups excluding carboxylic acids is 4. The van der Waals surface area contributed by atoms with Crippen molar-refractivity contribution >= 4 is 24.0 Å². The largest absolute Gasteiger partial charge is 0.444 e. The van der Waals surface area contributed by atoms with Crippen LogP contribution in [0.4, 0.5) is 22.8 Å². The van der Waals surface area contributed by atoms with Gasteiger partial charge in [-0.15, -0.1) is 0 Å². The molecule has 5 atom stereocenters. The molecule has 0 saturated carbocycles. The third-order valence-corrected chi connectivity index (χ3v) is 8.36. The van der Waals surface area contributed by atoms with Gasteiger partial charge in [-0.05, 0) is 58.1 Å². The van der Waals surface area contributed by atoms with E-state index in [1.807, 2.05) is 6.92 Å². The van der Waals surface area contributed by atoms with E-state index in [1.54, 1.807) is 52.0 Å². The summed E-state index contributed by atoms with van der Waals surface area (Å²) in [5.74, 6) is -4.99. The van der Waals surface area contributed by atoms with Crippen molar-refractivity contribution in [1.29, 1.82) is 0 Å². The number of benzene rings is 1. The molecule has 0 unspecified atom stereocenters. The molecule has 45 heavy (non-hydrogen) atoms. The fourth-order valence-electron chi connectivity index (χ4n) is 5.71. The summed E-state index contributed by atoms with van der Waals surface area (Å²) < 4.78 is 55.0. The summed E-state index contributed by atoms with van der Waals surface area (Å²) >= 11 is 0. The maximum atomic E-state index is 14.9. The molecule has 1 fully saturated rings. The SMILES string of the molecule is C[C@H]1/C=C\CCC(F)(F)CC[C@H](NC(=O)OC(C)(C)C)C(=O)N2C[C@H](OC(=O)N3Cc4cccc(F)c4C3)C[C@H]2C(=O)N[C@@H]1C. The summed E-state index contributed by atoms with van der Waals surface area (Å²) in [6.45, 7) is 8.45. The molecule has 3 aliphatic heterocycles. The van der Waals surface area contributed by atoms with Crippen molar-refractivity contribution in [2.75, 3.05) is 6.54 Å². The Hall–Kier alpha value is -3.77. The number of amides is 4. The second-order valence-corrected chi connectivity index (χ2v) is 13.2. The second-order valence-electron chi connectivity index (χ2n) is 13.2. The lowest BCUT2D eigenvalue weighted by atomic mass is 10.0. The molecular weight excluding hydrogens is 593 g/mol. The number of rotatable bonds is 2. The first-order chi connectivity index (χ1) is 21.0. The van der Waals surface area contributed by atoms with Crippen molar-refractivity contribution in [3.05, 3.63) is 47.3 Å². The van der Waals surface area contributed by atoms with Gasteiger partial charge in [0.2, 0.25) is 17.7 Å². The lowest BCUT2D eigenvalue weighted by Crippen LogP contribution is -2.55. The number of nitrogens with zero attached hydrogens (tertiary/aromatic N) is 2. The summed E-state index contributed by atoms with van der Waals surface area (Å²) in [6.07, 6.45) is -0.674. The smallest absolute Gasteiger partial charge is 0.410 e. The predicted molar refractivity (Wildman–Crippen MR) is 159 cm³/mol. The van der Waals surface area contributed by atoms with Gasteiger partial charge in [0.25, 0.3) is 0 Å². The van der Waals surface area contributed by atoms with E-state index in [1.165, 1.54) is 15.9 Å². The van der Waals surface area contributed by atoms with Gasteiger partial charge in [0.1, 0.15) is 29.6 Å². The standard InChI is InChI=1S/C32H43F3N4O6/c1-19-9-6-7-13-32(34,35)14-12-25(37-29(42)45-31(3,4)5)28(41)39-17-22(15-26(39)27(40)36-20(19)2)44-30(43)38-16-21-10-8-11-24(33)23(21)18-38/h6,8-11,19-20,22,25-26H,7,12-18H2,1-5H3,(H,36,40)(H,37,42)/b9-6-/t19-,20+,22+,25-,26-/m0/s1. The molecule has 10 nitrogen and oxygen atoms in total. The van der Waals surface area contributed by atoms with Crippen molar-refractivity contribution < 1.29 is 41.8 Å².